The summed E-state index contributed by atoms with van der Waals surface area (Å²) in [6.07, 6.45) is 0.112. The number of amides is 1. The topological polar surface area (TPSA) is 108 Å². The summed E-state index contributed by atoms with van der Waals surface area (Å²) in [6, 6.07) is 14.1. The van der Waals surface area contributed by atoms with E-state index in [-0.39, 0.29) is 36.9 Å². The Labute approximate surface area is 211 Å². The fraction of sp³-hybridized carbons (Fsp3) is 0.500. The molecule has 1 saturated heterocycles. The van der Waals surface area contributed by atoms with Crippen LogP contribution in [0.1, 0.15) is 50.7 Å². The minimum atomic E-state index is -0.921. The summed E-state index contributed by atoms with van der Waals surface area (Å²) >= 11 is 12.5. The molecule has 0 bridgehead atoms. The molecule has 0 spiro atoms. The van der Waals surface area contributed by atoms with Crippen LogP contribution >= 0.6 is 23.2 Å². The van der Waals surface area contributed by atoms with E-state index in [1.165, 1.54) is 0 Å². The second-order valence-corrected chi connectivity index (χ2v) is 11.2. The second-order valence-electron chi connectivity index (χ2n) is 10.4. The number of aliphatic hydroxyl groups is 2. The van der Waals surface area contributed by atoms with Gasteiger partial charge in [-0.05, 0) is 53.6 Å². The molecule has 0 saturated carbocycles. The maximum Gasteiger partial charge on any atom is 0.237 e. The number of hydrogen-bond donors (Lipinski definition) is 5. The van der Waals surface area contributed by atoms with E-state index in [0.717, 1.165) is 17.5 Å². The van der Waals surface area contributed by atoms with Crippen molar-refractivity contribution in [2.45, 2.75) is 63.3 Å². The zero-order valence-electron chi connectivity index (χ0n) is 19.9. The molecular formula is C26H35Cl2N3O3. The van der Waals surface area contributed by atoms with E-state index in [2.05, 4.69) is 31.4 Å². The first-order valence-electron chi connectivity index (χ1n) is 11.6. The summed E-state index contributed by atoms with van der Waals surface area (Å²) in [7, 11) is 0. The van der Waals surface area contributed by atoms with Gasteiger partial charge < -0.3 is 26.6 Å². The maximum atomic E-state index is 13.4. The number of benzene rings is 2. The van der Waals surface area contributed by atoms with Crippen molar-refractivity contribution in [2.75, 3.05) is 13.2 Å². The van der Waals surface area contributed by atoms with Gasteiger partial charge >= 0.3 is 0 Å². The summed E-state index contributed by atoms with van der Waals surface area (Å²) in [5, 5.41) is 26.4. The Morgan fingerprint density at radius 2 is 1.85 bits per heavy atom. The molecule has 1 aliphatic rings. The molecule has 8 heteroatoms. The molecule has 2 aromatic carbocycles. The Bertz CT molecular complexity index is 980. The summed E-state index contributed by atoms with van der Waals surface area (Å²) in [5.74, 6) is -0.627. The van der Waals surface area contributed by atoms with Gasteiger partial charge in [0.05, 0.1) is 24.3 Å². The van der Waals surface area contributed by atoms with Crippen LogP contribution in [-0.4, -0.2) is 47.5 Å². The fourth-order valence-electron chi connectivity index (χ4n) is 4.86. The fourth-order valence-corrected chi connectivity index (χ4v) is 5.19. The molecule has 6 N–H and O–H groups in total. The second kappa shape index (κ2) is 10.9. The Kier molecular flexibility index (Phi) is 8.66. The predicted molar refractivity (Wildman–Crippen MR) is 137 cm³/mol. The number of carbonyl (C=O) groups is 1. The van der Waals surface area contributed by atoms with Gasteiger partial charge in [0.15, 0.2) is 0 Å². The Morgan fingerprint density at radius 3 is 2.44 bits per heavy atom. The van der Waals surface area contributed by atoms with Crippen LogP contribution in [0.2, 0.25) is 10.0 Å². The average molecular weight is 508 g/mol. The molecule has 0 radical (unpaired) electrons. The minimum absolute atomic E-state index is 0.0514. The monoisotopic (exact) mass is 507 g/mol. The first-order valence-corrected chi connectivity index (χ1v) is 12.3. The Hall–Kier alpha value is -1.67. The number of carbonyl (C=O) groups excluding carboxylic acids is 1. The zero-order chi connectivity index (χ0) is 25.1. The van der Waals surface area contributed by atoms with E-state index in [1.807, 2.05) is 42.5 Å². The van der Waals surface area contributed by atoms with E-state index in [0.29, 0.717) is 10.0 Å². The van der Waals surface area contributed by atoms with Gasteiger partial charge in [0.1, 0.15) is 0 Å². The molecule has 0 aliphatic carbocycles. The van der Waals surface area contributed by atoms with Crippen LogP contribution < -0.4 is 16.4 Å². The SMILES string of the molecule is CC(C)(C)CC1NC(C(=O)NCCC(O)CO)C(c2cccc(Cl)c2)C1(N)c1ccc(Cl)cc1. The highest BCUT2D eigenvalue weighted by Gasteiger charge is 2.56. The Balaban J connectivity index is 2.07. The molecule has 1 amide bonds. The lowest BCUT2D eigenvalue weighted by atomic mass is 9.68. The third-order valence-electron chi connectivity index (χ3n) is 6.44. The highest BCUT2D eigenvalue weighted by Crippen LogP contribution is 2.48. The number of aliphatic hydroxyl groups excluding tert-OH is 2. The maximum absolute atomic E-state index is 13.4. The van der Waals surface area contributed by atoms with Gasteiger partial charge in [0.25, 0.3) is 0 Å². The van der Waals surface area contributed by atoms with E-state index >= 15 is 0 Å². The summed E-state index contributed by atoms with van der Waals surface area (Å²) in [5.41, 5.74) is 8.11. The molecule has 1 fully saturated rings. The van der Waals surface area contributed by atoms with E-state index < -0.39 is 23.6 Å². The number of nitrogens with one attached hydrogen (secondary N) is 2. The minimum Gasteiger partial charge on any atom is -0.394 e. The molecule has 3 rings (SSSR count). The van der Waals surface area contributed by atoms with Gasteiger partial charge in [-0.2, -0.15) is 0 Å². The lowest BCUT2D eigenvalue weighted by molar-refractivity contribution is -0.123. The molecular weight excluding hydrogens is 473 g/mol. The highest BCUT2D eigenvalue weighted by atomic mass is 35.5. The number of nitrogens with two attached hydrogens (primary N) is 1. The number of hydrogen-bond acceptors (Lipinski definition) is 5. The van der Waals surface area contributed by atoms with Crippen molar-refractivity contribution < 1.29 is 15.0 Å². The first kappa shape index (κ1) is 26.9. The summed E-state index contributed by atoms with van der Waals surface area (Å²) in [6.45, 7) is 6.33. The van der Waals surface area contributed by atoms with E-state index in [9.17, 15) is 9.90 Å². The van der Waals surface area contributed by atoms with Crippen molar-refractivity contribution in [3.8, 4) is 0 Å². The lowest BCUT2D eigenvalue weighted by Gasteiger charge is -2.39. The molecule has 2 aromatic rings. The molecule has 5 unspecified atom stereocenters. The quantitative estimate of drug-likeness (QED) is 0.375. The van der Waals surface area contributed by atoms with Crippen molar-refractivity contribution in [1.82, 2.24) is 10.6 Å². The van der Waals surface area contributed by atoms with Gasteiger partial charge in [-0.3, -0.25) is 4.79 Å². The normalized spacial score (nSPS) is 25.8. The molecule has 186 valence electrons. The van der Waals surface area contributed by atoms with Crippen LogP contribution in [0.3, 0.4) is 0 Å². The average Bonchev–Trinajstić information content (AvgIpc) is 3.05. The van der Waals surface area contributed by atoms with Crippen molar-refractivity contribution in [1.29, 1.82) is 0 Å². The number of halogens is 2. The van der Waals surface area contributed by atoms with Gasteiger partial charge in [0.2, 0.25) is 5.91 Å². The molecule has 1 heterocycles. The first-order chi connectivity index (χ1) is 16.0. The van der Waals surface area contributed by atoms with Crippen molar-refractivity contribution in [3.05, 3.63) is 69.7 Å². The van der Waals surface area contributed by atoms with Gasteiger partial charge in [0, 0.05) is 28.5 Å². The Morgan fingerprint density at radius 1 is 1.18 bits per heavy atom. The van der Waals surface area contributed by atoms with E-state index in [4.69, 9.17) is 34.0 Å². The predicted octanol–water partition coefficient (Wildman–Crippen LogP) is 3.57. The molecule has 1 aliphatic heterocycles. The van der Waals surface area contributed by atoms with Crippen LogP contribution in [0.15, 0.2) is 48.5 Å². The van der Waals surface area contributed by atoms with Crippen LogP contribution in [-0.2, 0) is 10.3 Å². The van der Waals surface area contributed by atoms with Crippen LogP contribution in [0.4, 0.5) is 0 Å². The van der Waals surface area contributed by atoms with Gasteiger partial charge in [-0.1, -0.05) is 68.2 Å². The zero-order valence-corrected chi connectivity index (χ0v) is 21.4. The smallest absolute Gasteiger partial charge is 0.237 e. The van der Waals surface area contributed by atoms with E-state index in [1.54, 1.807) is 6.07 Å². The van der Waals surface area contributed by atoms with Crippen LogP contribution in [0.5, 0.6) is 0 Å². The number of rotatable bonds is 8. The van der Waals surface area contributed by atoms with Crippen molar-refractivity contribution in [2.24, 2.45) is 11.1 Å². The van der Waals surface area contributed by atoms with Gasteiger partial charge in [-0.15, -0.1) is 0 Å². The van der Waals surface area contributed by atoms with Crippen LogP contribution in [0, 0.1) is 5.41 Å². The summed E-state index contributed by atoms with van der Waals surface area (Å²) < 4.78 is 0. The van der Waals surface area contributed by atoms with Crippen molar-refractivity contribution >= 4 is 29.1 Å². The largest absolute Gasteiger partial charge is 0.394 e. The third-order valence-corrected chi connectivity index (χ3v) is 6.93. The third kappa shape index (κ3) is 6.11. The standard InChI is InChI=1S/C26H35Cl2N3O3/c1-25(2,3)14-21-26(29,17-7-9-18(27)10-8-17)22(16-5-4-6-19(28)13-16)23(31-21)24(34)30-12-11-20(33)15-32/h4-10,13,20-23,31-33H,11-12,14-15,29H2,1-3H3,(H,30,34). The lowest BCUT2D eigenvalue weighted by Crippen LogP contribution is -2.51. The molecule has 5 atom stereocenters. The van der Waals surface area contributed by atoms with Crippen LogP contribution in [0.25, 0.3) is 0 Å². The molecule has 34 heavy (non-hydrogen) atoms. The van der Waals surface area contributed by atoms with Gasteiger partial charge in [-0.25, -0.2) is 0 Å². The molecule has 0 aromatic heterocycles. The highest BCUT2D eigenvalue weighted by molar-refractivity contribution is 6.30. The van der Waals surface area contributed by atoms with Crippen molar-refractivity contribution in [3.63, 3.8) is 0 Å². The summed E-state index contributed by atoms with van der Waals surface area (Å²) in [4.78, 5) is 13.4. The molecule has 6 nitrogen and oxygen atoms in total.